The van der Waals surface area contributed by atoms with Gasteiger partial charge >= 0.3 is 0 Å². The lowest BCUT2D eigenvalue weighted by Gasteiger charge is -2.28. The molecule has 0 aromatic heterocycles. The summed E-state index contributed by atoms with van der Waals surface area (Å²) in [5.74, 6) is 1.36. The third kappa shape index (κ3) is 4.79. The Morgan fingerprint density at radius 1 is 1.22 bits per heavy atom. The molecule has 2 unspecified atom stereocenters. The van der Waals surface area contributed by atoms with Crippen LogP contribution in [-0.2, 0) is 0 Å². The van der Waals surface area contributed by atoms with Gasteiger partial charge in [0.15, 0.2) is 0 Å². The Hall–Kier alpha value is -0.860. The number of hydrogen-bond acceptors (Lipinski definition) is 2. The lowest BCUT2D eigenvalue weighted by molar-refractivity contribution is 0.274. The van der Waals surface area contributed by atoms with Crippen molar-refractivity contribution >= 4 is 0 Å². The number of nitrogens with zero attached hydrogens (tertiary/aromatic N) is 1. The molecule has 0 radical (unpaired) electrons. The van der Waals surface area contributed by atoms with Crippen molar-refractivity contribution in [2.24, 2.45) is 5.92 Å². The predicted octanol–water partition coefficient (Wildman–Crippen LogP) is 2.97. The van der Waals surface area contributed by atoms with Crippen LogP contribution in [0.5, 0.6) is 0 Å². The summed E-state index contributed by atoms with van der Waals surface area (Å²) in [6.45, 7) is 7.95. The van der Waals surface area contributed by atoms with Crippen LogP contribution in [0, 0.1) is 5.92 Å². The topological polar surface area (TPSA) is 15.3 Å². The van der Waals surface area contributed by atoms with Crippen molar-refractivity contribution in [3.05, 3.63) is 35.9 Å². The largest absolute Gasteiger partial charge is 0.318 e. The highest BCUT2D eigenvalue weighted by Gasteiger charge is 2.19. The van der Waals surface area contributed by atoms with Crippen LogP contribution in [0.1, 0.15) is 31.7 Å². The van der Waals surface area contributed by atoms with Crippen molar-refractivity contribution in [1.29, 1.82) is 0 Å². The zero-order chi connectivity index (χ0) is 13.4. The maximum Gasteiger partial charge on any atom is 0.0104 e. The van der Waals surface area contributed by atoms with E-state index in [1.807, 2.05) is 7.05 Å². The first-order valence-corrected chi connectivity index (χ1v) is 7.07. The van der Waals surface area contributed by atoms with E-state index in [1.165, 1.54) is 12.0 Å². The van der Waals surface area contributed by atoms with Gasteiger partial charge in [-0.2, -0.15) is 0 Å². The van der Waals surface area contributed by atoms with E-state index in [9.17, 15) is 0 Å². The molecule has 2 nitrogen and oxygen atoms in total. The number of likely N-dealkylation sites (N-methyl/N-ethyl adjacent to an activating group) is 2. The highest BCUT2D eigenvalue weighted by atomic mass is 15.1. The first-order chi connectivity index (χ1) is 8.69. The normalized spacial score (nSPS) is 14.7. The molecule has 18 heavy (non-hydrogen) atoms. The molecule has 2 atom stereocenters. The third-order valence-electron chi connectivity index (χ3n) is 3.81. The summed E-state index contributed by atoms with van der Waals surface area (Å²) in [5.41, 5.74) is 1.48. The summed E-state index contributed by atoms with van der Waals surface area (Å²) in [7, 11) is 4.23. The smallest absolute Gasteiger partial charge is 0.0104 e. The summed E-state index contributed by atoms with van der Waals surface area (Å²) in [6, 6.07) is 10.9. The molecule has 0 saturated carbocycles. The van der Waals surface area contributed by atoms with Crippen molar-refractivity contribution < 1.29 is 0 Å². The van der Waals surface area contributed by atoms with Crippen LogP contribution in [0.4, 0.5) is 0 Å². The molecule has 1 rings (SSSR count). The van der Waals surface area contributed by atoms with Crippen LogP contribution in [0.3, 0.4) is 0 Å². The van der Waals surface area contributed by atoms with Gasteiger partial charge in [-0.1, -0.05) is 50.6 Å². The lowest BCUT2D eigenvalue weighted by Crippen LogP contribution is -2.32. The SMILES string of the molecule is CCC(C)C(CN(C)CCNC)c1ccccc1. The molecule has 0 spiro atoms. The van der Waals surface area contributed by atoms with Gasteiger partial charge < -0.3 is 10.2 Å². The first kappa shape index (κ1) is 15.2. The Balaban J connectivity index is 2.68. The minimum atomic E-state index is 0.637. The second-order valence-electron chi connectivity index (χ2n) is 5.27. The van der Waals surface area contributed by atoms with Gasteiger partial charge in [0.1, 0.15) is 0 Å². The van der Waals surface area contributed by atoms with Crippen molar-refractivity contribution in [2.75, 3.05) is 33.7 Å². The van der Waals surface area contributed by atoms with E-state index in [4.69, 9.17) is 0 Å². The van der Waals surface area contributed by atoms with Crippen molar-refractivity contribution in [3.8, 4) is 0 Å². The van der Waals surface area contributed by atoms with E-state index in [0.717, 1.165) is 25.6 Å². The minimum absolute atomic E-state index is 0.637. The number of hydrogen-bond donors (Lipinski definition) is 1. The number of benzene rings is 1. The Labute approximate surface area is 112 Å². The van der Waals surface area contributed by atoms with Gasteiger partial charge in [0.25, 0.3) is 0 Å². The van der Waals surface area contributed by atoms with Gasteiger partial charge in [-0.05, 0) is 31.5 Å². The molecular weight excluding hydrogens is 220 g/mol. The molecule has 0 aliphatic heterocycles. The zero-order valence-corrected chi connectivity index (χ0v) is 12.3. The third-order valence-corrected chi connectivity index (χ3v) is 3.81. The average molecular weight is 248 g/mol. The van der Waals surface area contributed by atoms with Crippen molar-refractivity contribution in [3.63, 3.8) is 0 Å². The fourth-order valence-corrected chi connectivity index (χ4v) is 2.33. The lowest BCUT2D eigenvalue weighted by atomic mass is 9.85. The minimum Gasteiger partial charge on any atom is -0.318 e. The van der Waals surface area contributed by atoms with E-state index in [2.05, 4.69) is 61.4 Å². The quantitative estimate of drug-likeness (QED) is 0.761. The van der Waals surface area contributed by atoms with Crippen LogP contribution in [0.25, 0.3) is 0 Å². The second kappa shape index (κ2) is 8.28. The van der Waals surface area contributed by atoms with E-state index in [0.29, 0.717) is 5.92 Å². The molecule has 1 N–H and O–H groups in total. The van der Waals surface area contributed by atoms with E-state index < -0.39 is 0 Å². The van der Waals surface area contributed by atoms with Crippen LogP contribution in [0.2, 0.25) is 0 Å². The molecule has 0 heterocycles. The van der Waals surface area contributed by atoms with Crippen LogP contribution in [-0.4, -0.2) is 38.6 Å². The first-order valence-electron chi connectivity index (χ1n) is 7.07. The second-order valence-corrected chi connectivity index (χ2v) is 5.27. The van der Waals surface area contributed by atoms with Gasteiger partial charge in [0.2, 0.25) is 0 Å². The maximum absolute atomic E-state index is 3.21. The number of nitrogens with one attached hydrogen (secondary N) is 1. The fraction of sp³-hybridized carbons (Fsp3) is 0.625. The summed E-state index contributed by atoms with van der Waals surface area (Å²) < 4.78 is 0. The molecule has 0 aliphatic carbocycles. The fourth-order valence-electron chi connectivity index (χ4n) is 2.33. The monoisotopic (exact) mass is 248 g/mol. The summed E-state index contributed by atoms with van der Waals surface area (Å²) in [5, 5.41) is 3.21. The molecule has 1 aromatic carbocycles. The summed E-state index contributed by atoms with van der Waals surface area (Å²) in [6.07, 6.45) is 1.24. The van der Waals surface area contributed by atoms with E-state index in [1.54, 1.807) is 0 Å². The molecule has 102 valence electrons. The molecule has 0 bridgehead atoms. The summed E-state index contributed by atoms with van der Waals surface area (Å²) >= 11 is 0. The molecule has 1 aromatic rings. The Morgan fingerprint density at radius 2 is 1.89 bits per heavy atom. The Morgan fingerprint density at radius 3 is 2.44 bits per heavy atom. The predicted molar refractivity (Wildman–Crippen MR) is 80.1 cm³/mol. The highest BCUT2D eigenvalue weighted by molar-refractivity contribution is 5.20. The van der Waals surface area contributed by atoms with Gasteiger partial charge in [-0.3, -0.25) is 0 Å². The molecule has 0 fully saturated rings. The molecule has 0 saturated heterocycles. The van der Waals surface area contributed by atoms with Crippen LogP contribution in [0.15, 0.2) is 30.3 Å². The van der Waals surface area contributed by atoms with Gasteiger partial charge in [-0.15, -0.1) is 0 Å². The molecular formula is C16H28N2. The standard InChI is InChI=1S/C16H28N2/c1-5-14(2)16(13-18(4)12-11-17-3)15-9-7-6-8-10-15/h6-10,14,16-17H,5,11-13H2,1-4H3. The molecule has 2 heteroatoms. The van der Waals surface area contributed by atoms with Crippen LogP contribution < -0.4 is 5.32 Å². The number of rotatable bonds is 8. The van der Waals surface area contributed by atoms with E-state index >= 15 is 0 Å². The molecule has 0 amide bonds. The summed E-state index contributed by atoms with van der Waals surface area (Å²) in [4.78, 5) is 2.43. The maximum atomic E-state index is 3.21. The Kier molecular flexibility index (Phi) is 6.99. The van der Waals surface area contributed by atoms with Gasteiger partial charge in [0.05, 0.1) is 0 Å². The molecule has 0 aliphatic rings. The van der Waals surface area contributed by atoms with Crippen molar-refractivity contribution in [1.82, 2.24) is 10.2 Å². The average Bonchev–Trinajstić information content (AvgIpc) is 2.42. The van der Waals surface area contributed by atoms with Gasteiger partial charge in [-0.25, -0.2) is 0 Å². The van der Waals surface area contributed by atoms with Crippen LogP contribution >= 0.6 is 0 Å². The van der Waals surface area contributed by atoms with Gasteiger partial charge in [0, 0.05) is 19.6 Å². The highest BCUT2D eigenvalue weighted by Crippen LogP contribution is 2.27. The van der Waals surface area contributed by atoms with Crippen molar-refractivity contribution in [2.45, 2.75) is 26.2 Å². The Bertz CT molecular complexity index is 310. The van der Waals surface area contributed by atoms with E-state index in [-0.39, 0.29) is 0 Å². The zero-order valence-electron chi connectivity index (χ0n) is 12.3.